The minimum absolute atomic E-state index is 0.0490. The number of carbonyl (C=O) groups is 2. The lowest BCUT2D eigenvalue weighted by Crippen LogP contribution is -2.47. The number of carbonyl (C=O) groups excluding carboxylic acids is 2. The van der Waals surface area contributed by atoms with Crippen molar-refractivity contribution in [1.82, 2.24) is 10.2 Å². The highest BCUT2D eigenvalue weighted by atomic mass is 16.2. The minimum Gasteiger partial charge on any atom is -0.351 e. The van der Waals surface area contributed by atoms with Crippen molar-refractivity contribution in [2.75, 3.05) is 13.6 Å². The molecule has 102 valence electrons. The average Bonchev–Trinajstić information content (AvgIpc) is 2.69. The molecule has 1 saturated heterocycles. The van der Waals surface area contributed by atoms with Crippen molar-refractivity contribution in [2.45, 2.75) is 52.0 Å². The third-order valence-electron chi connectivity index (χ3n) is 4.36. The van der Waals surface area contributed by atoms with E-state index in [1.807, 2.05) is 0 Å². The van der Waals surface area contributed by atoms with Crippen LogP contribution in [0.2, 0.25) is 0 Å². The Kier molecular flexibility index (Phi) is 3.16. The van der Waals surface area contributed by atoms with Crippen LogP contribution in [-0.4, -0.2) is 35.8 Å². The fraction of sp³-hybridized carbons (Fsp3) is 0.857. The van der Waals surface area contributed by atoms with E-state index >= 15 is 0 Å². The van der Waals surface area contributed by atoms with Gasteiger partial charge in [-0.15, -0.1) is 0 Å². The molecule has 1 aliphatic carbocycles. The zero-order valence-electron chi connectivity index (χ0n) is 11.9. The Labute approximate surface area is 109 Å². The summed E-state index contributed by atoms with van der Waals surface area (Å²) in [7, 11) is 1.76. The second kappa shape index (κ2) is 4.25. The molecule has 1 saturated carbocycles. The van der Waals surface area contributed by atoms with Gasteiger partial charge in [0.05, 0.1) is 5.92 Å². The van der Waals surface area contributed by atoms with E-state index in [9.17, 15) is 9.59 Å². The topological polar surface area (TPSA) is 49.4 Å². The van der Waals surface area contributed by atoms with Gasteiger partial charge in [-0.2, -0.15) is 0 Å². The molecule has 2 unspecified atom stereocenters. The fourth-order valence-electron chi connectivity index (χ4n) is 3.39. The van der Waals surface area contributed by atoms with Gasteiger partial charge in [0, 0.05) is 25.6 Å². The van der Waals surface area contributed by atoms with Crippen LogP contribution in [0.25, 0.3) is 0 Å². The van der Waals surface area contributed by atoms with Crippen molar-refractivity contribution in [1.29, 1.82) is 0 Å². The highest BCUT2D eigenvalue weighted by Gasteiger charge is 2.42. The van der Waals surface area contributed by atoms with E-state index in [-0.39, 0.29) is 23.3 Å². The van der Waals surface area contributed by atoms with Crippen LogP contribution in [0.15, 0.2) is 0 Å². The standard InChI is InChI=1S/C14H24N2O2/c1-13(2)5-6-14(3,9-13)15-12(18)10-7-11(17)16(4)8-10/h10H,5-9H2,1-4H3,(H,15,18). The van der Waals surface area contributed by atoms with Crippen LogP contribution in [0.3, 0.4) is 0 Å². The average molecular weight is 252 g/mol. The summed E-state index contributed by atoms with van der Waals surface area (Å²) in [6.07, 6.45) is 3.56. The first-order valence-corrected chi connectivity index (χ1v) is 6.77. The predicted octanol–water partition coefficient (Wildman–Crippen LogP) is 1.55. The summed E-state index contributed by atoms with van der Waals surface area (Å²) < 4.78 is 0. The maximum atomic E-state index is 12.2. The Balaban J connectivity index is 1.94. The van der Waals surface area contributed by atoms with Gasteiger partial charge in [0.15, 0.2) is 0 Å². The first kappa shape index (κ1) is 13.4. The van der Waals surface area contributed by atoms with Gasteiger partial charge < -0.3 is 10.2 Å². The van der Waals surface area contributed by atoms with E-state index in [0.717, 1.165) is 19.3 Å². The zero-order chi connectivity index (χ0) is 13.6. The van der Waals surface area contributed by atoms with E-state index in [1.54, 1.807) is 11.9 Å². The highest BCUT2D eigenvalue weighted by Crippen LogP contribution is 2.43. The van der Waals surface area contributed by atoms with Crippen molar-refractivity contribution in [3.63, 3.8) is 0 Å². The van der Waals surface area contributed by atoms with Crippen LogP contribution in [0.1, 0.15) is 46.5 Å². The Bertz CT molecular complexity index is 378. The minimum atomic E-state index is -0.164. The van der Waals surface area contributed by atoms with Crippen LogP contribution >= 0.6 is 0 Å². The SMILES string of the molecule is CN1CC(C(=O)NC2(C)CCC(C)(C)C2)CC1=O. The van der Waals surface area contributed by atoms with Crippen molar-refractivity contribution in [2.24, 2.45) is 11.3 Å². The molecule has 0 spiro atoms. The van der Waals surface area contributed by atoms with Crippen LogP contribution in [0.5, 0.6) is 0 Å². The van der Waals surface area contributed by atoms with Gasteiger partial charge in [0.25, 0.3) is 0 Å². The number of hydrogen-bond acceptors (Lipinski definition) is 2. The van der Waals surface area contributed by atoms with Crippen LogP contribution in [0.4, 0.5) is 0 Å². The van der Waals surface area contributed by atoms with Crippen molar-refractivity contribution >= 4 is 11.8 Å². The summed E-state index contributed by atoms with van der Waals surface area (Å²) in [5.74, 6) is -0.0389. The van der Waals surface area contributed by atoms with Crippen LogP contribution in [-0.2, 0) is 9.59 Å². The summed E-state index contributed by atoms with van der Waals surface area (Å²) in [4.78, 5) is 25.3. The second-order valence-corrected chi connectivity index (χ2v) is 7.07. The normalized spacial score (nSPS) is 35.0. The quantitative estimate of drug-likeness (QED) is 0.810. The third kappa shape index (κ3) is 2.68. The summed E-state index contributed by atoms with van der Waals surface area (Å²) in [5, 5.41) is 3.18. The summed E-state index contributed by atoms with van der Waals surface area (Å²) in [5.41, 5.74) is 0.217. The zero-order valence-corrected chi connectivity index (χ0v) is 11.9. The van der Waals surface area contributed by atoms with E-state index in [0.29, 0.717) is 18.4 Å². The number of hydrogen-bond donors (Lipinski definition) is 1. The Hall–Kier alpha value is -1.06. The Morgan fingerprint density at radius 2 is 2.00 bits per heavy atom. The van der Waals surface area contributed by atoms with Gasteiger partial charge in [-0.1, -0.05) is 13.8 Å². The molecule has 0 radical (unpaired) electrons. The number of nitrogens with zero attached hydrogens (tertiary/aromatic N) is 1. The lowest BCUT2D eigenvalue weighted by molar-refractivity contribution is -0.129. The number of amides is 2. The van der Waals surface area contributed by atoms with E-state index in [4.69, 9.17) is 0 Å². The van der Waals surface area contributed by atoms with Gasteiger partial charge >= 0.3 is 0 Å². The molecule has 2 atom stereocenters. The number of nitrogens with one attached hydrogen (secondary N) is 1. The van der Waals surface area contributed by atoms with Gasteiger partial charge in [-0.3, -0.25) is 9.59 Å². The molecular formula is C14H24N2O2. The van der Waals surface area contributed by atoms with Gasteiger partial charge in [0.1, 0.15) is 0 Å². The van der Waals surface area contributed by atoms with Gasteiger partial charge in [-0.05, 0) is 31.6 Å². The van der Waals surface area contributed by atoms with Crippen LogP contribution in [0, 0.1) is 11.3 Å². The highest BCUT2D eigenvalue weighted by molar-refractivity contribution is 5.89. The molecule has 4 nitrogen and oxygen atoms in total. The van der Waals surface area contributed by atoms with Crippen molar-refractivity contribution in [3.05, 3.63) is 0 Å². The van der Waals surface area contributed by atoms with Crippen LogP contribution < -0.4 is 5.32 Å². The summed E-state index contributed by atoms with van der Waals surface area (Å²) >= 11 is 0. The molecule has 2 aliphatic rings. The smallest absolute Gasteiger partial charge is 0.225 e. The number of rotatable bonds is 2. The maximum Gasteiger partial charge on any atom is 0.225 e. The van der Waals surface area contributed by atoms with Gasteiger partial charge in [0.2, 0.25) is 11.8 Å². The fourth-order valence-corrected chi connectivity index (χ4v) is 3.39. The molecular weight excluding hydrogens is 228 g/mol. The van der Waals surface area contributed by atoms with E-state index in [2.05, 4.69) is 26.1 Å². The summed E-state index contributed by atoms with van der Waals surface area (Å²) in [6, 6.07) is 0. The molecule has 0 aromatic carbocycles. The summed E-state index contributed by atoms with van der Waals surface area (Å²) in [6.45, 7) is 7.18. The van der Waals surface area contributed by atoms with Crippen molar-refractivity contribution in [3.8, 4) is 0 Å². The molecule has 2 amide bonds. The molecule has 2 fully saturated rings. The molecule has 4 heteroatoms. The monoisotopic (exact) mass is 252 g/mol. The molecule has 1 N–H and O–H groups in total. The third-order valence-corrected chi connectivity index (χ3v) is 4.36. The molecule has 1 aliphatic heterocycles. The molecule has 1 heterocycles. The molecule has 0 aromatic heterocycles. The van der Waals surface area contributed by atoms with E-state index in [1.165, 1.54) is 0 Å². The molecule has 18 heavy (non-hydrogen) atoms. The predicted molar refractivity (Wildman–Crippen MR) is 69.9 cm³/mol. The number of likely N-dealkylation sites (tertiary alicyclic amines) is 1. The molecule has 2 rings (SSSR count). The van der Waals surface area contributed by atoms with Gasteiger partial charge in [-0.25, -0.2) is 0 Å². The van der Waals surface area contributed by atoms with Crippen molar-refractivity contribution < 1.29 is 9.59 Å². The molecule has 0 bridgehead atoms. The largest absolute Gasteiger partial charge is 0.351 e. The Morgan fingerprint density at radius 3 is 2.44 bits per heavy atom. The first-order valence-electron chi connectivity index (χ1n) is 6.77. The van der Waals surface area contributed by atoms with E-state index < -0.39 is 0 Å². The maximum absolute atomic E-state index is 12.2. The Morgan fingerprint density at radius 1 is 1.33 bits per heavy atom. The molecule has 0 aromatic rings. The second-order valence-electron chi connectivity index (χ2n) is 7.07. The first-order chi connectivity index (χ1) is 8.21. The lowest BCUT2D eigenvalue weighted by atomic mass is 9.88. The lowest BCUT2D eigenvalue weighted by Gasteiger charge is -2.29.